The van der Waals surface area contributed by atoms with Crippen molar-refractivity contribution in [3.63, 3.8) is 0 Å². The highest BCUT2D eigenvalue weighted by Crippen LogP contribution is 2.48. The molecule has 3 rings (SSSR count). The van der Waals surface area contributed by atoms with Crippen LogP contribution in [0, 0.1) is 11.3 Å². The number of esters is 1. The molecule has 3 N–H and O–H groups in total. The zero-order valence-corrected chi connectivity index (χ0v) is 15.6. The number of ether oxygens (including phenoxy) is 1. The maximum Gasteiger partial charge on any atom is 0.343 e. The van der Waals surface area contributed by atoms with Crippen LogP contribution in [0.5, 0.6) is 0 Å². The molecule has 28 heavy (non-hydrogen) atoms. The molecule has 1 aliphatic heterocycles. The normalized spacial score (nSPS) is 25.7. The third-order valence-corrected chi connectivity index (χ3v) is 5.90. The zero-order chi connectivity index (χ0) is 20.4. The average molecular weight is 396 g/mol. The van der Waals surface area contributed by atoms with E-state index in [1.54, 1.807) is 23.1 Å². The molecule has 0 amide bonds. The Labute approximate surface area is 162 Å². The number of aliphatic hydroxyl groups is 2. The quantitative estimate of drug-likeness (QED) is 0.390. The van der Waals surface area contributed by atoms with E-state index < -0.39 is 35.4 Å². The molecule has 1 aromatic rings. The molecule has 1 saturated heterocycles. The molecule has 1 aliphatic carbocycles. The highest BCUT2D eigenvalue weighted by atomic mass is 19.3. The first kappa shape index (κ1) is 20.7. The lowest BCUT2D eigenvalue weighted by Crippen LogP contribution is -2.49. The van der Waals surface area contributed by atoms with E-state index in [1.165, 1.54) is 18.5 Å². The molecule has 2 atom stereocenters. The lowest BCUT2D eigenvalue weighted by molar-refractivity contribution is -0.183. The van der Waals surface area contributed by atoms with Gasteiger partial charge in [0.2, 0.25) is 5.92 Å². The van der Waals surface area contributed by atoms with E-state index in [2.05, 4.69) is 0 Å². The monoisotopic (exact) mass is 396 g/mol. The molecular formula is C20H26F2N2O4. The summed E-state index contributed by atoms with van der Waals surface area (Å²) in [4.78, 5) is 14.6. The van der Waals surface area contributed by atoms with Crippen molar-refractivity contribution in [2.75, 3.05) is 19.7 Å². The van der Waals surface area contributed by atoms with Crippen molar-refractivity contribution in [3.8, 4) is 0 Å². The molecule has 2 fully saturated rings. The van der Waals surface area contributed by atoms with Crippen LogP contribution in [-0.4, -0.2) is 58.6 Å². The summed E-state index contributed by atoms with van der Waals surface area (Å²) in [5.41, 5.74) is -3.23. The number of carbonyl (C=O) groups is 1. The maximum absolute atomic E-state index is 13.8. The predicted molar refractivity (Wildman–Crippen MR) is 98.1 cm³/mol. The van der Waals surface area contributed by atoms with Crippen molar-refractivity contribution in [1.82, 2.24) is 4.90 Å². The van der Waals surface area contributed by atoms with Crippen molar-refractivity contribution in [2.45, 2.75) is 49.2 Å². The number of benzene rings is 1. The number of hydrogen-bond donors (Lipinski definition) is 3. The lowest BCUT2D eigenvalue weighted by atomic mass is 9.80. The van der Waals surface area contributed by atoms with Gasteiger partial charge in [-0.3, -0.25) is 5.41 Å². The van der Waals surface area contributed by atoms with Gasteiger partial charge in [0.15, 0.2) is 5.60 Å². The van der Waals surface area contributed by atoms with Crippen LogP contribution >= 0.6 is 0 Å². The van der Waals surface area contributed by atoms with Gasteiger partial charge in [0, 0.05) is 31.8 Å². The Morgan fingerprint density at radius 3 is 2.46 bits per heavy atom. The van der Waals surface area contributed by atoms with Crippen LogP contribution < -0.4 is 0 Å². The number of likely N-dealkylation sites (tertiary alicyclic amines) is 1. The van der Waals surface area contributed by atoms with Crippen molar-refractivity contribution in [3.05, 3.63) is 35.9 Å². The first-order valence-corrected chi connectivity index (χ1v) is 9.49. The second kappa shape index (κ2) is 7.75. The third kappa shape index (κ3) is 4.17. The number of nitrogens with one attached hydrogen (secondary N) is 1. The van der Waals surface area contributed by atoms with Gasteiger partial charge < -0.3 is 19.8 Å². The fraction of sp³-hybridized carbons (Fsp3) is 0.600. The lowest BCUT2D eigenvalue weighted by Gasteiger charge is -2.38. The fourth-order valence-electron chi connectivity index (χ4n) is 4.04. The summed E-state index contributed by atoms with van der Waals surface area (Å²) in [6.45, 7) is 0.584. The zero-order valence-electron chi connectivity index (χ0n) is 15.6. The third-order valence-electron chi connectivity index (χ3n) is 5.90. The summed E-state index contributed by atoms with van der Waals surface area (Å²) in [7, 11) is 0. The SMILES string of the molecule is N=CN1CCC(O)(COC(=O)C(O)(c2ccccc2)C2CCC(F)(F)C2)CC1. The smallest absolute Gasteiger partial charge is 0.343 e. The summed E-state index contributed by atoms with van der Waals surface area (Å²) in [5.74, 6) is -4.90. The molecule has 154 valence electrons. The number of alkyl halides is 2. The molecule has 1 saturated carbocycles. The second-order valence-electron chi connectivity index (χ2n) is 7.89. The van der Waals surface area contributed by atoms with E-state index >= 15 is 0 Å². The fourth-order valence-corrected chi connectivity index (χ4v) is 4.04. The largest absolute Gasteiger partial charge is 0.460 e. The van der Waals surface area contributed by atoms with E-state index in [9.17, 15) is 23.8 Å². The Hall–Kier alpha value is -2.06. The van der Waals surface area contributed by atoms with E-state index in [0.717, 1.165) is 0 Å². The Morgan fingerprint density at radius 1 is 1.29 bits per heavy atom. The molecule has 2 aliphatic rings. The summed E-state index contributed by atoms with van der Waals surface area (Å²) < 4.78 is 32.9. The maximum atomic E-state index is 13.8. The second-order valence-corrected chi connectivity index (χ2v) is 7.89. The number of piperidine rings is 1. The summed E-state index contributed by atoms with van der Waals surface area (Å²) in [6, 6.07) is 8.00. The van der Waals surface area contributed by atoms with Gasteiger partial charge in [-0.15, -0.1) is 0 Å². The number of hydrogen-bond acceptors (Lipinski definition) is 5. The summed E-state index contributed by atoms with van der Waals surface area (Å²) >= 11 is 0. The minimum Gasteiger partial charge on any atom is -0.460 e. The first-order chi connectivity index (χ1) is 13.2. The van der Waals surface area contributed by atoms with Gasteiger partial charge in [0.25, 0.3) is 0 Å². The minimum absolute atomic E-state index is 0.00601. The van der Waals surface area contributed by atoms with Gasteiger partial charge in [-0.2, -0.15) is 0 Å². The molecule has 0 spiro atoms. The van der Waals surface area contributed by atoms with E-state index in [1.807, 2.05) is 0 Å². The van der Waals surface area contributed by atoms with Gasteiger partial charge in [-0.25, -0.2) is 13.6 Å². The van der Waals surface area contributed by atoms with Gasteiger partial charge >= 0.3 is 5.97 Å². The molecular weight excluding hydrogens is 370 g/mol. The highest BCUT2D eigenvalue weighted by Gasteiger charge is 2.54. The van der Waals surface area contributed by atoms with Gasteiger partial charge in [0.1, 0.15) is 12.2 Å². The van der Waals surface area contributed by atoms with Gasteiger partial charge in [-0.1, -0.05) is 30.3 Å². The van der Waals surface area contributed by atoms with E-state index in [-0.39, 0.29) is 25.0 Å². The molecule has 0 bridgehead atoms. The number of rotatable bonds is 6. The Kier molecular flexibility index (Phi) is 5.72. The number of halogens is 2. The topological polar surface area (TPSA) is 93.9 Å². The van der Waals surface area contributed by atoms with Crippen LogP contribution in [0.15, 0.2) is 30.3 Å². The number of nitrogens with zero attached hydrogens (tertiary/aromatic N) is 1. The van der Waals surface area contributed by atoms with Gasteiger partial charge in [-0.05, 0) is 24.8 Å². The van der Waals surface area contributed by atoms with Crippen molar-refractivity contribution < 1.29 is 28.5 Å². The van der Waals surface area contributed by atoms with Crippen molar-refractivity contribution in [2.24, 2.45) is 5.92 Å². The molecule has 2 unspecified atom stereocenters. The summed E-state index contributed by atoms with van der Waals surface area (Å²) in [5, 5.41) is 29.1. The Bertz CT molecular complexity index is 707. The molecule has 1 aromatic carbocycles. The van der Waals surface area contributed by atoms with E-state index in [4.69, 9.17) is 10.1 Å². The highest BCUT2D eigenvalue weighted by molar-refractivity contribution is 5.81. The molecule has 1 heterocycles. The Morgan fingerprint density at radius 2 is 1.93 bits per heavy atom. The van der Waals surface area contributed by atoms with E-state index in [0.29, 0.717) is 25.9 Å². The first-order valence-electron chi connectivity index (χ1n) is 9.49. The molecule has 6 nitrogen and oxygen atoms in total. The average Bonchev–Trinajstić information content (AvgIpc) is 3.07. The van der Waals surface area contributed by atoms with Crippen molar-refractivity contribution >= 4 is 12.3 Å². The van der Waals surface area contributed by atoms with Crippen LogP contribution in [0.4, 0.5) is 8.78 Å². The predicted octanol–water partition coefficient (Wildman–Crippen LogP) is 2.29. The minimum atomic E-state index is -2.93. The van der Waals surface area contributed by atoms with Crippen LogP contribution in [-0.2, 0) is 15.1 Å². The van der Waals surface area contributed by atoms with Crippen LogP contribution in [0.3, 0.4) is 0 Å². The summed E-state index contributed by atoms with van der Waals surface area (Å²) in [6.07, 6.45) is 0.837. The van der Waals surface area contributed by atoms with Crippen LogP contribution in [0.25, 0.3) is 0 Å². The Balaban J connectivity index is 1.75. The standard InChI is InChI=1S/C20H26F2N2O4/c21-19(22)7-6-16(12-19)20(27,15-4-2-1-3-5-15)17(25)28-13-18(26)8-10-24(14-23)11-9-18/h1-5,14,16,23,26-27H,6-13H2. The van der Waals surface area contributed by atoms with Crippen LogP contribution in [0.2, 0.25) is 0 Å². The number of carbonyl (C=O) groups excluding carboxylic acids is 1. The molecule has 0 radical (unpaired) electrons. The van der Waals surface area contributed by atoms with Gasteiger partial charge in [0.05, 0.1) is 6.34 Å². The molecule has 0 aromatic heterocycles. The molecule has 8 heteroatoms. The van der Waals surface area contributed by atoms with Crippen LogP contribution in [0.1, 0.15) is 37.7 Å². The van der Waals surface area contributed by atoms with Crippen molar-refractivity contribution in [1.29, 1.82) is 5.41 Å².